The average Bonchev–Trinajstić information content (AvgIpc) is 2.76. The maximum absolute atomic E-state index is 14.3. The molecule has 0 fully saturated rings. The zero-order chi connectivity index (χ0) is 15.6. The molecule has 114 valence electrons. The van der Waals surface area contributed by atoms with Gasteiger partial charge in [-0.3, -0.25) is 0 Å². The van der Waals surface area contributed by atoms with E-state index in [0.717, 1.165) is 15.3 Å². The quantitative estimate of drug-likeness (QED) is 0.886. The Morgan fingerprint density at radius 1 is 1.19 bits per heavy atom. The first-order chi connectivity index (χ1) is 9.97. The van der Waals surface area contributed by atoms with Gasteiger partial charge in [-0.05, 0) is 32.0 Å². The van der Waals surface area contributed by atoms with Gasteiger partial charge in [0.2, 0.25) is 0 Å². The summed E-state index contributed by atoms with van der Waals surface area (Å²) in [5, 5.41) is 3.16. The second kappa shape index (κ2) is 6.54. The van der Waals surface area contributed by atoms with Crippen molar-refractivity contribution >= 4 is 11.3 Å². The van der Waals surface area contributed by atoms with Gasteiger partial charge in [0.25, 0.3) is 0 Å². The Morgan fingerprint density at radius 3 is 2.24 bits per heavy atom. The minimum Gasteiger partial charge on any atom is -0.497 e. The minimum absolute atomic E-state index is 0.0406. The Morgan fingerprint density at radius 2 is 1.81 bits per heavy atom. The molecule has 5 heteroatoms. The molecule has 1 aromatic heterocycles. The second-order valence-corrected chi connectivity index (χ2v) is 6.17. The number of halogens is 2. The van der Waals surface area contributed by atoms with Crippen LogP contribution in [0.25, 0.3) is 0 Å². The van der Waals surface area contributed by atoms with Gasteiger partial charge in [-0.2, -0.15) is 0 Å². The monoisotopic (exact) mass is 311 g/mol. The molecular weight excluding hydrogens is 292 g/mol. The fourth-order valence-corrected chi connectivity index (χ4v) is 3.38. The van der Waals surface area contributed by atoms with E-state index in [9.17, 15) is 8.78 Å². The zero-order valence-corrected chi connectivity index (χ0v) is 13.4. The van der Waals surface area contributed by atoms with Crippen LogP contribution >= 0.6 is 11.3 Å². The number of ether oxygens (including phenoxy) is 1. The summed E-state index contributed by atoms with van der Waals surface area (Å²) in [7, 11) is 1.39. The van der Waals surface area contributed by atoms with Gasteiger partial charge in [0.15, 0.2) is 0 Å². The SMILES string of the molecule is CCNC(c1cc(C)c(C)s1)c1c(F)cc(OC)cc1F. The van der Waals surface area contributed by atoms with E-state index >= 15 is 0 Å². The van der Waals surface area contributed by atoms with Crippen molar-refractivity contribution in [3.63, 3.8) is 0 Å². The van der Waals surface area contributed by atoms with Gasteiger partial charge >= 0.3 is 0 Å². The third kappa shape index (κ3) is 3.24. The van der Waals surface area contributed by atoms with Crippen molar-refractivity contribution in [2.75, 3.05) is 13.7 Å². The lowest BCUT2D eigenvalue weighted by atomic mass is 10.0. The molecule has 1 atom stereocenters. The molecule has 0 aliphatic carbocycles. The van der Waals surface area contributed by atoms with Crippen LogP contribution in [0.2, 0.25) is 0 Å². The topological polar surface area (TPSA) is 21.3 Å². The highest BCUT2D eigenvalue weighted by Crippen LogP contribution is 2.34. The molecule has 0 saturated heterocycles. The molecule has 1 aromatic carbocycles. The van der Waals surface area contributed by atoms with E-state index in [1.165, 1.54) is 19.2 Å². The van der Waals surface area contributed by atoms with Gasteiger partial charge in [0.05, 0.1) is 13.2 Å². The van der Waals surface area contributed by atoms with Crippen LogP contribution in [0.1, 0.15) is 33.8 Å². The van der Waals surface area contributed by atoms with Crippen LogP contribution in [-0.2, 0) is 0 Å². The van der Waals surface area contributed by atoms with E-state index in [-0.39, 0.29) is 11.3 Å². The minimum atomic E-state index is -0.596. The van der Waals surface area contributed by atoms with Gasteiger partial charge < -0.3 is 10.1 Å². The number of hydrogen-bond acceptors (Lipinski definition) is 3. The molecule has 2 rings (SSSR count). The van der Waals surface area contributed by atoms with Crippen LogP contribution in [0.3, 0.4) is 0 Å². The number of aryl methyl sites for hydroxylation is 2. The summed E-state index contributed by atoms with van der Waals surface area (Å²) < 4.78 is 33.5. The van der Waals surface area contributed by atoms with Crippen LogP contribution in [-0.4, -0.2) is 13.7 Å². The molecule has 1 N–H and O–H groups in total. The maximum atomic E-state index is 14.3. The standard InChI is InChI=1S/C16H19F2NOS/c1-5-19-16(14-6-9(2)10(3)21-14)15-12(17)7-11(20-4)8-13(15)18/h6-8,16,19H,5H2,1-4H3. The Labute approximate surface area is 127 Å². The Hall–Kier alpha value is -1.46. The van der Waals surface area contributed by atoms with Crippen molar-refractivity contribution in [2.24, 2.45) is 0 Å². The van der Waals surface area contributed by atoms with Crippen LogP contribution in [0.15, 0.2) is 18.2 Å². The summed E-state index contributed by atoms with van der Waals surface area (Å²) in [6, 6.07) is 3.93. The molecule has 1 unspecified atom stereocenters. The Kier molecular flexibility index (Phi) is 4.96. The summed E-state index contributed by atoms with van der Waals surface area (Å²) in [4.78, 5) is 2.07. The van der Waals surface area contributed by atoms with E-state index in [4.69, 9.17) is 4.74 Å². The highest BCUT2D eigenvalue weighted by Gasteiger charge is 2.24. The van der Waals surface area contributed by atoms with Crippen LogP contribution in [0.5, 0.6) is 5.75 Å². The molecule has 0 amide bonds. The maximum Gasteiger partial charge on any atom is 0.134 e. The number of benzene rings is 1. The first-order valence-electron chi connectivity index (χ1n) is 6.81. The number of rotatable bonds is 5. The number of thiophene rings is 1. The molecule has 21 heavy (non-hydrogen) atoms. The van der Waals surface area contributed by atoms with Gasteiger partial charge in [-0.1, -0.05) is 6.92 Å². The zero-order valence-electron chi connectivity index (χ0n) is 12.6. The average molecular weight is 311 g/mol. The third-order valence-electron chi connectivity index (χ3n) is 3.45. The van der Waals surface area contributed by atoms with E-state index in [1.54, 1.807) is 11.3 Å². The van der Waals surface area contributed by atoms with E-state index in [2.05, 4.69) is 5.32 Å². The van der Waals surface area contributed by atoms with E-state index in [0.29, 0.717) is 6.54 Å². The third-order valence-corrected chi connectivity index (χ3v) is 4.67. The molecule has 0 radical (unpaired) electrons. The predicted octanol–water partition coefficient (Wildman–Crippen LogP) is 4.35. The highest BCUT2D eigenvalue weighted by molar-refractivity contribution is 7.12. The summed E-state index contributed by atoms with van der Waals surface area (Å²) in [6.07, 6.45) is 0. The largest absolute Gasteiger partial charge is 0.497 e. The lowest BCUT2D eigenvalue weighted by Crippen LogP contribution is -2.23. The van der Waals surface area contributed by atoms with Crippen molar-refractivity contribution in [2.45, 2.75) is 26.8 Å². The first kappa shape index (κ1) is 15.9. The smallest absolute Gasteiger partial charge is 0.134 e. The normalized spacial score (nSPS) is 12.5. The van der Waals surface area contributed by atoms with E-state index < -0.39 is 17.7 Å². The lowest BCUT2D eigenvalue weighted by molar-refractivity contribution is 0.403. The summed E-state index contributed by atoms with van der Waals surface area (Å²) in [5.74, 6) is -1.01. The van der Waals surface area contributed by atoms with Gasteiger partial charge in [0, 0.05) is 27.5 Å². The molecule has 0 bridgehead atoms. The molecular formula is C16H19F2NOS. The Balaban J connectivity index is 2.52. The summed E-state index contributed by atoms with van der Waals surface area (Å²) in [6.45, 7) is 6.54. The highest BCUT2D eigenvalue weighted by atomic mass is 32.1. The number of methoxy groups -OCH3 is 1. The molecule has 0 spiro atoms. The van der Waals surface area contributed by atoms with Crippen molar-refractivity contribution in [3.8, 4) is 5.75 Å². The molecule has 0 aliphatic heterocycles. The second-order valence-electron chi connectivity index (χ2n) is 4.88. The Bertz CT molecular complexity index is 597. The predicted molar refractivity (Wildman–Crippen MR) is 82.2 cm³/mol. The van der Waals surface area contributed by atoms with Crippen molar-refractivity contribution in [1.82, 2.24) is 5.32 Å². The van der Waals surface area contributed by atoms with Crippen molar-refractivity contribution in [1.29, 1.82) is 0 Å². The van der Waals surface area contributed by atoms with Crippen LogP contribution in [0, 0.1) is 25.5 Å². The van der Waals surface area contributed by atoms with Crippen molar-refractivity contribution < 1.29 is 13.5 Å². The summed E-state index contributed by atoms with van der Waals surface area (Å²) in [5.41, 5.74) is 1.17. The number of nitrogens with one attached hydrogen (secondary N) is 1. The number of hydrogen-bond donors (Lipinski definition) is 1. The molecule has 2 aromatic rings. The molecule has 1 heterocycles. The molecule has 0 saturated carbocycles. The van der Waals surface area contributed by atoms with Gasteiger partial charge in [0.1, 0.15) is 17.4 Å². The van der Waals surface area contributed by atoms with Crippen molar-refractivity contribution in [3.05, 3.63) is 50.7 Å². The van der Waals surface area contributed by atoms with E-state index in [1.807, 2.05) is 26.8 Å². The summed E-state index contributed by atoms with van der Waals surface area (Å²) >= 11 is 1.56. The first-order valence-corrected chi connectivity index (χ1v) is 7.62. The van der Waals surface area contributed by atoms with Crippen LogP contribution in [0.4, 0.5) is 8.78 Å². The fraction of sp³-hybridized carbons (Fsp3) is 0.375. The molecule has 0 aliphatic rings. The lowest BCUT2D eigenvalue weighted by Gasteiger charge is -2.19. The van der Waals surface area contributed by atoms with Crippen LogP contribution < -0.4 is 10.1 Å². The fourth-order valence-electron chi connectivity index (χ4n) is 2.25. The molecule has 2 nitrogen and oxygen atoms in total. The van der Waals surface area contributed by atoms with Gasteiger partial charge in [-0.25, -0.2) is 8.78 Å². The van der Waals surface area contributed by atoms with Gasteiger partial charge in [-0.15, -0.1) is 11.3 Å².